The maximum Gasteiger partial charge on any atom is 0.416 e. The van der Waals surface area contributed by atoms with E-state index in [1.807, 2.05) is 6.92 Å². The molecule has 0 amide bonds. The van der Waals surface area contributed by atoms with E-state index in [1.165, 1.54) is 25.0 Å². The van der Waals surface area contributed by atoms with Gasteiger partial charge in [0, 0.05) is 12.6 Å². The monoisotopic (exact) mass is 501 g/mol. The van der Waals surface area contributed by atoms with Gasteiger partial charge in [-0.1, -0.05) is 18.9 Å². The van der Waals surface area contributed by atoms with Crippen LogP contribution in [0, 0.1) is 0 Å². The maximum absolute atomic E-state index is 12.7. The molecule has 1 unspecified atom stereocenters. The lowest BCUT2D eigenvalue weighted by Gasteiger charge is -2.17. The first-order chi connectivity index (χ1) is 12.4. The summed E-state index contributed by atoms with van der Waals surface area (Å²) in [5, 5.41) is 16.5. The third kappa shape index (κ3) is 8.54. The average molecular weight is 501 g/mol. The van der Waals surface area contributed by atoms with Crippen molar-refractivity contribution in [3.8, 4) is 5.75 Å². The number of aliphatic imine (C=N–C) groups is 1. The predicted octanol–water partition coefficient (Wildman–Crippen LogP) is 3.56. The molecule has 1 aliphatic carbocycles. The van der Waals surface area contributed by atoms with E-state index in [0.717, 1.165) is 25.0 Å². The van der Waals surface area contributed by atoms with E-state index in [2.05, 4.69) is 15.6 Å². The maximum atomic E-state index is 12.7. The number of nitrogens with one attached hydrogen (secondary N) is 2. The fourth-order valence-electron chi connectivity index (χ4n) is 2.79. The molecule has 1 aromatic rings. The molecule has 9 heteroatoms. The van der Waals surface area contributed by atoms with Crippen LogP contribution in [0.2, 0.25) is 0 Å². The van der Waals surface area contributed by atoms with Crippen LogP contribution >= 0.6 is 24.0 Å². The van der Waals surface area contributed by atoms with Crippen LogP contribution in [-0.2, 0) is 6.18 Å². The van der Waals surface area contributed by atoms with Gasteiger partial charge in [-0.3, -0.25) is 4.99 Å². The largest absolute Gasteiger partial charge is 0.491 e. The van der Waals surface area contributed by atoms with Crippen LogP contribution < -0.4 is 15.4 Å². The predicted molar refractivity (Wildman–Crippen MR) is 110 cm³/mol. The van der Waals surface area contributed by atoms with Crippen molar-refractivity contribution in [3.63, 3.8) is 0 Å². The topological polar surface area (TPSA) is 65.9 Å². The number of aliphatic hydroxyl groups excluding tert-OH is 1. The Morgan fingerprint density at radius 3 is 2.67 bits per heavy atom. The van der Waals surface area contributed by atoms with Crippen molar-refractivity contribution in [1.29, 1.82) is 0 Å². The van der Waals surface area contributed by atoms with E-state index in [4.69, 9.17) is 4.74 Å². The molecule has 0 radical (unpaired) electrons. The van der Waals surface area contributed by atoms with Gasteiger partial charge >= 0.3 is 6.18 Å². The Morgan fingerprint density at radius 1 is 1.33 bits per heavy atom. The molecule has 0 bridgehead atoms. The Bertz CT molecular complexity index is 593. The van der Waals surface area contributed by atoms with Crippen molar-refractivity contribution < 1.29 is 23.0 Å². The zero-order chi connectivity index (χ0) is 19.0. The first-order valence-electron chi connectivity index (χ1n) is 8.91. The molecule has 27 heavy (non-hydrogen) atoms. The summed E-state index contributed by atoms with van der Waals surface area (Å²) in [6, 6.07) is 4.99. The second-order valence-electron chi connectivity index (χ2n) is 6.34. The number of guanidine groups is 1. The van der Waals surface area contributed by atoms with Gasteiger partial charge < -0.3 is 20.5 Å². The minimum Gasteiger partial charge on any atom is -0.491 e. The van der Waals surface area contributed by atoms with Crippen LogP contribution in [0.3, 0.4) is 0 Å². The number of nitrogens with zero attached hydrogens (tertiary/aromatic N) is 1. The van der Waals surface area contributed by atoms with Gasteiger partial charge in [0.15, 0.2) is 5.96 Å². The van der Waals surface area contributed by atoms with Gasteiger partial charge in [-0.15, -0.1) is 24.0 Å². The van der Waals surface area contributed by atoms with Crippen LogP contribution in [-0.4, -0.2) is 42.9 Å². The van der Waals surface area contributed by atoms with E-state index in [1.54, 1.807) is 0 Å². The van der Waals surface area contributed by atoms with Crippen LogP contribution in [0.1, 0.15) is 38.2 Å². The Morgan fingerprint density at radius 2 is 2.04 bits per heavy atom. The second kappa shape index (κ2) is 11.6. The molecular weight excluding hydrogens is 474 g/mol. The van der Waals surface area contributed by atoms with Gasteiger partial charge in [-0.2, -0.15) is 13.2 Å². The Labute approximate surface area is 174 Å². The number of rotatable bonds is 7. The van der Waals surface area contributed by atoms with Crippen molar-refractivity contribution in [2.75, 3.05) is 19.7 Å². The van der Waals surface area contributed by atoms with Crippen molar-refractivity contribution in [2.24, 2.45) is 4.99 Å². The molecule has 0 spiro atoms. The molecule has 0 aromatic heterocycles. The molecule has 1 aliphatic rings. The van der Waals surface area contributed by atoms with Crippen LogP contribution in [0.5, 0.6) is 5.75 Å². The SMILES string of the molecule is CCNC(=NCC(O)COc1cccc(C(F)(F)F)c1)NC1CCCC1.I. The molecular formula is C18H27F3IN3O2. The molecule has 0 aliphatic heterocycles. The highest BCUT2D eigenvalue weighted by atomic mass is 127. The van der Waals surface area contributed by atoms with Gasteiger partial charge in [0.25, 0.3) is 0 Å². The minimum absolute atomic E-state index is 0. The molecule has 1 fully saturated rings. The van der Waals surface area contributed by atoms with E-state index in [9.17, 15) is 18.3 Å². The lowest BCUT2D eigenvalue weighted by molar-refractivity contribution is -0.137. The number of halogens is 4. The zero-order valence-corrected chi connectivity index (χ0v) is 17.6. The fraction of sp³-hybridized carbons (Fsp3) is 0.611. The quantitative estimate of drug-likeness (QED) is 0.304. The van der Waals surface area contributed by atoms with Crippen molar-refractivity contribution in [3.05, 3.63) is 29.8 Å². The number of alkyl halides is 3. The standard InChI is InChI=1S/C18H26F3N3O2.HI/c1-2-22-17(24-14-7-3-4-8-14)23-11-15(25)12-26-16-9-5-6-13(10-16)18(19,20)21;/h5-6,9-10,14-15,25H,2-4,7-8,11-12H2,1H3,(H2,22,23,24);1H. The number of ether oxygens (including phenoxy) is 1. The summed E-state index contributed by atoms with van der Waals surface area (Å²) in [5.41, 5.74) is -0.780. The molecule has 5 nitrogen and oxygen atoms in total. The highest BCUT2D eigenvalue weighted by Gasteiger charge is 2.30. The molecule has 1 aromatic carbocycles. The summed E-state index contributed by atoms with van der Waals surface area (Å²) >= 11 is 0. The second-order valence-corrected chi connectivity index (χ2v) is 6.34. The molecule has 3 N–H and O–H groups in total. The van der Waals surface area contributed by atoms with E-state index in [-0.39, 0.29) is 42.9 Å². The Balaban J connectivity index is 0.00000364. The number of hydrogen-bond acceptors (Lipinski definition) is 3. The first kappa shape index (κ1) is 23.8. The highest BCUT2D eigenvalue weighted by Crippen LogP contribution is 2.31. The van der Waals surface area contributed by atoms with Crippen LogP contribution in [0.15, 0.2) is 29.3 Å². The number of hydrogen-bond donors (Lipinski definition) is 3. The molecule has 0 heterocycles. The van der Waals surface area contributed by atoms with E-state index in [0.29, 0.717) is 18.5 Å². The normalized spacial score (nSPS) is 16.6. The minimum atomic E-state index is -4.42. The van der Waals surface area contributed by atoms with E-state index >= 15 is 0 Å². The zero-order valence-electron chi connectivity index (χ0n) is 15.3. The Kier molecular flexibility index (Phi) is 10.2. The summed E-state index contributed by atoms with van der Waals surface area (Å²) in [4.78, 5) is 4.33. The smallest absolute Gasteiger partial charge is 0.416 e. The molecule has 154 valence electrons. The lowest BCUT2D eigenvalue weighted by atomic mass is 10.2. The van der Waals surface area contributed by atoms with Crippen molar-refractivity contribution in [2.45, 2.75) is 50.9 Å². The highest BCUT2D eigenvalue weighted by molar-refractivity contribution is 14.0. The summed E-state index contributed by atoms with van der Waals surface area (Å²) in [7, 11) is 0. The summed E-state index contributed by atoms with van der Waals surface area (Å²) in [5.74, 6) is 0.705. The van der Waals surface area contributed by atoms with Gasteiger partial charge in [-0.05, 0) is 38.0 Å². The van der Waals surface area contributed by atoms with Gasteiger partial charge in [0.05, 0.1) is 12.1 Å². The Hall–Kier alpha value is -1.23. The summed E-state index contributed by atoms with van der Waals surface area (Å²) in [6.45, 7) is 2.63. The van der Waals surface area contributed by atoms with Gasteiger partial charge in [0.2, 0.25) is 0 Å². The van der Waals surface area contributed by atoms with Crippen molar-refractivity contribution >= 4 is 29.9 Å². The summed E-state index contributed by atoms with van der Waals surface area (Å²) < 4.78 is 43.3. The molecule has 0 saturated heterocycles. The third-order valence-corrected chi connectivity index (χ3v) is 4.10. The van der Waals surface area contributed by atoms with Crippen molar-refractivity contribution in [1.82, 2.24) is 10.6 Å². The van der Waals surface area contributed by atoms with Crippen LogP contribution in [0.25, 0.3) is 0 Å². The third-order valence-electron chi connectivity index (χ3n) is 4.10. The van der Waals surface area contributed by atoms with Gasteiger partial charge in [-0.25, -0.2) is 0 Å². The lowest BCUT2D eigenvalue weighted by Crippen LogP contribution is -2.43. The number of benzene rings is 1. The number of aliphatic hydroxyl groups is 1. The van der Waals surface area contributed by atoms with Gasteiger partial charge in [0.1, 0.15) is 18.5 Å². The first-order valence-corrected chi connectivity index (χ1v) is 8.91. The van der Waals surface area contributed by atoms with E-state index < -0.39 is 17.8 Å². The summed E-state index contributed by atoms with van der Waals surface area (Å²) in [6.07, 6.45) is -0.732. The molecule has 2 rings (SSSR count). The van der Waals surface area contributed by atoms with Crippen LogP contribution in [0.4, 0.5) is 13.2 Å². The molecule has 1 saturated carbocycles. The average Bonchev–Trinajstić information content (AvgIpc) is 3.10. The fourth-order valence-corrected chi connectivity index (χ4v) is 2.79. The molecule has 1 atom stereocenters.